The maximum absolute atomic E-state index is 11.7. The number of nitrogens with one attached hydrogen (secondary N) is 1. The molecule has 12 heteroatoms. The van der Waals surface area contributed by atoms with E-state index in [0.717, 1.165) is 11.8 Å². The van der Waals surface area contributed by atoms with Crippen molar-refractivity contribution in [3.63, 3.8) is 0 Å². The molecule has 1 saturated heterocycles. The Labute approximate surface area is 184 Å². The number of sulfonamides is 1. The number of aryl methyl sites for hydroxylation is 1. The lowest BCUT2D eigenvalue weighted by atomic mass is 10.0. The minimum atomic E-state index is -3.36. The number of fused-ring (bicyclic) bond motifs is 1. The average molecular weight is 462 g/mol. The highest BCUT2D eigenvalue weighted by atomic mass is 35.5. The van der Waals surface area contributed by atoms with Crippen molar-refractivity contribution in [3.05, 3.63) is 40.8 Å². The molecule has 3 aromatic heterocycles. The fourth-order valence-corrected chi connectivity index (χ4v) is 4.70. The van der Waals surface area contributed by atoms with Crippen molar-refractivity contribution in [1.82, 2.24) is 23.9 Å². The molecule has 0 aliphatic carbocycles. The van der Waals surface area contributed by atoms with E-state index in [9.17, 15) is 18.8 Å². The molecule has 0 spiro atoms. The molecule has 1 aliphatic rings. The first-order valence-corrected chi connectivity index (χ1v) is 11.7. The minimum absolute atomic E-state index is 0.00545. The van der Waals surface area contributed by atoms with E-state index in [0.29, 0.717) is 40.5 Å². The molecule has 4 rings (SSSR count). The van der Waals surface area contributed by atoms with E-state index in [1.165, 1.54) is 10.5 Å². The molecule has 162 valence electrons. The molecule has 0 bridgehead atoms. The van der Waals surface area contributed by atoms with Crippen LogP contribution in [0.4, 0.5) is 5.95 Å². The number of aliphatic hydroxyl groups excluding tert-OH is 1. The Morgan fingerprint density at radius 3 is 2.81 bits per heavy atom. The number of pyridine rings is 1. The molecule has 3 aromatic rings. The van der Waals surface area contributed by atoms with Crippen LogP contribution in [0.25, 0.3) is 16.8 Å². The third-order valence-corrected chi connectivity index (χ3v) is 6.92. The Bertz CT molecular complexity index is 1300. The summed E-state index contributed by atoms with van der Waals surface area (Å²) in [4.78, 5) is 8.72. The van der Waals surface area contributed by atoms with Crippen molar-refractivity contribution >= 4 is 33.1 Å². The zero-order valence-electron chi connectivity index (χ0n) is 16.8. The summed E-state index contributed by atoms with van der Waals surface area (Å²) in [5.74, 6) is 0.265. The number of anilines is 1. The number of nitriles is 1. The van der Waals surface area contributed by atoms with Gasteiger partial charge in [0, 0.05) is 18.7 Å². The van der Waals surface area contributed by atoms with Crippen LogP contribution in [0.3, 0.4) is 0 Å². The highest BCUT2D eigenvalue weighted by Crippen LogP contribution is 2.31. The van der Waals surface area contributed by atoms with Crippen molar-refractivity contribution < 1.29 is 13.5 Å². The van der Waals surface area contributed by atoms with E-state index in [-0.39, 0.29) is 12.5 Å². The summed E-state index contributed by atoms with van der Waals surface area (Å²) in [5.41, 5.74) is 3.10. The summed E-state index contributed by atoms with van der Waals surface area (Å²) in [6, 6.07) is 5.23. The molecular formula is C19H20ClN7O3S. The predicted molar refractivity (Wildman–Crippen MR) is 115 cm³/mol. The Morgan fingerprint density at radius 2 is 2.13 bits per heavy atom. The number of rotatable bonds is 4. The molecule has 1 aliphatic heterocycles. The molecule has 10 nitrogen and oxygen atoms in total. The smallest absolute Gasteiger partial charge is 0.223 e. The number of nitrogens with zero attached hydrogens (tertiary/aromatic N) is 6. The van der Waals surface area contributed by atoms with Crippen molar-refractivity contribution in [2.45, 2.75) is 25.5 Å². The second-order valence-corrected chi connectivity index (χ2v) is 9.81. The lowest BCUT2D eigenvalue weighted by Crippen LogP contribution is -2.51. The first kappa shape index (κ1) is 21.5. The van der Waals surface area contributed by atoms with Gasteiger partial charge in [-0.05, 0) is 25.5 Å². The van der Waals surface area contributed by atoms with Gasteiger partial charge < -0.3 is 10.4 Å². The van der Waals surface area contributed by atoms with Gasteiger partial charge in [-0.15, -0.1) is 0 Å². The fourth-order valence-electron chi connectivity index (χ4n) is 3.65. The van der Waals surface area contributed by atoms with E-state index in [4.69, 9.17) is 11.6 Å². The number of aliphatic hydroxyl groups is 1. The van der Waals surface area contributed by atoms with E-state index in [1.807, 2.05) is 0 Å². The normalized spacial score (nSPS) is 20.0. The molecule has 0 amide bonds. The minimum Gasteiger partial charge on any atom is -0.390 e. The van der Waals surface area contributed by atoms with Crippen LogP contribution in [0.5, 0.6) is 0 Å². The Balaban J connectivity index is 1.63. The van der Waals surface area contributed by atoms with E-state index in [1.54, 1.807) is 29.8 Å². The zero-order valence-corrected chi connectivity index (χ0v) is 18.4. The summed E-state index contributed by atoms with van der Waals surface area (Å²) >= 11 is 6.36. The molecule has 31 heavy (non-hydrogen) atoms. The van der Waals surface area contributed by atoms with Crippen molar-refractivity contribution in [1.29, 1.82) is 5.26 Å². The van der Waals surface area contributed by atoms with Gasteiger partial charge >= 0.3 is 0 Å². The summed E-state index contributed by atoms with van der Waals surface area (Å²) in [6.07, 6.45) is 3.71. The van der Waals surface area contributed by atoms with Crippen molar-refractivity contribution in [2.24, 2.45) is 0 Å². The van der Waals surface area contributed by atoms with Gasteiger partial charge in [0.1, 0.15) is 6.07 Å². The predicted octanol–water partition coefficient (Wildman–Crippen LogP) is 1.43. The first-order valence-electron chi connectivity index (χ1n) is 9.49. The number of aromatic nitrogens is 4. The molecule has 0 saturated carbocycles. The van der Waals surface area contributed by atoms with Crippen LogP contribution in [0.2, 0.25) is 5.02 Å². The van der Waals surface area contributed by atoms with Gasteiger partial charge in [0.05, 0.1) is 58.3 Å². The summed E-state index contributed by atoms with van der Waals surface area (Å²) < 4.78 is 26.3. The third-order valence-electron chi connectivity index (χ3n) is 5.37. The van der Waals surface area contributed by atoms with E-state index in [2.05, 4.69) is 26.5 Å². The Hall–Kier alpha value is -2.78. The quantitative estimate of drug-likeness (QED) is 0.595. The largest absolute Gasteiger partial charge is 0.390 e. The molecule has 0 radical (unpaired) electrons. The highest BCUT2D eigenvalue weighted by Gasteiger charge is 2.32. The maximum Gasteiger partial charge on any atom is 0.223 e. The summed E-state index contributed by atoms with van der Waals surface area (Å²) in [5, 5.41) is 27.4. The average Bonchev–Trinajstić information content (AvgIpc) is 3.15. The first-order chi connectivity index (χ1) is 14.7. The molecule has 0 unspecified atom stereocenters. The van der Waals surface area contributed by atoms with Crippen LogP contribution >= 0.6 is 11.6 Å². The molecule has 2 atom stereocenters. The Morgan fingerprint density at radius 1 is 1.35 bits per heavy atom. The topological polar surface area (TPSA) is 137 Å². The van der Waals surface area contributed by atoms with Gasteiger partial charge in [0.15, 0.2) is 0 Å². The molecular weight excluding hydrogens is 442 g/mol. The highest BCUT2D eigenvalue weighted by molar-refractivity contribution is 7.88. The van der Waals surface area contributed by atoms with E-state index < -0.39 is 22.2 Å². The Kier molecular flexibility index (Phi) is 5.57. The van der Waals surface area contributed by atoms with Crippen molar-refractivity contribution in [2.75, 3.05) is 24.7 Å². The summed E-state index contributed by atoms with van der Waals surface area (Å²) in [6.45, 7) is 2.11. The van der Waals surface area contributed by atoms with Crippen LogP contribution in [0.15, 0.2) is 24.5 Å². The molecule has 2 N–H and O–H groups in total. The van der Waals surface area contributed by atoms with Crippen LogP contribution in [0.1, 0.15) is 17.7 Å². The fraction of sp³-hybridized carbons (Fsp3) is 0.368. The van der Waals surface area contributed by atoms with Gasteiger partial charge in [0.2, 0.25) is 16.0 Å². The van der Waals surface area contributed by atoms with E-state index >= 15 is 0 Å². The van der Waals surface area contributed by atoms with Crippen LogP contribution in [0, 0.1) is 18.3 Å². The van der Waals surface area contributed by atoms with Crippen LogP contribution in [-0.2, 0) is 10.0 Å². The van der Waals surface area contributed by atoms with Gasteiger partial charge in [-0.1, -0.05) is 11.6 Å². The van der Waals surface area contributed by atoms with Crippen LogP contribution in [-0.4, -0.2) is 68.9 Å². The second kappa shape index (κ2) is 8.05. The van der Waals surface area contributed by atoms with Gasteiger partial charge in [-0.3, -0.25) is 0 Å². The number of piperidine rings is 1. The van der Waals surface area contributed by atoms with Gasteiger partial charge in [0.25, 0.3) is 0 Å². The van der Waals surface area contributed by atoms with Crippen molar-refractivity contribution in [3.8, 4) is 17.3 Å². The molecule has 1 fully saturated rings. The van der Waals surface area contributed by atoms with Gasteiger partial charge in [-0.25, -0.2) is 22.9 Å². The molecule has 4 heterocycles. The number of hydrogen-bond acceptors (Lipinski definition) is 8. The summed E-state index contributed by atoms with van der Waals surface area (Å²) in [7, 11) is -3.36. The number of β-amino-alcohol motifs (C(OH)–C–C–N with tert-alkyl or cyclic N) is 1. The standard InChI is InChI=1S/C19H20ClN7O3S/c1-11-12(7-21)3-4-16-13(8-23-27(11)16)18-14(20)9-22-19(25-18)24-15-5-6-26(10-17(15)28)31(2,29)30/h3-4,8-9,15,17,28H,5-6,10H2,1-2H3,(H,22,24,25)/t15-,17-/m1/s1. The number of halogens is 1. The lowest BCUT2D eigenvalue weighted by Gasteiger charge is -2.34. The third kappa shape index (κ3) is 4.07. The second-order valence-electron chi connectivity index (χ2n) is 7.42. The lowest BCUT2D eigenvalue weighted by molar-refractivity contribution is 0.0950. The monoisotopic (exact) mass is 461 g/mol. The molecule has 0 aromatic carbocycles. The number of hydrogen-bond donors (Lipinski definition) is 2. The SMILES string of the molecule is Cc1c(C#N)ccc2c(-c3nc(N[C@@H]4CCN(S(C)(=O)=O)C[C@H]4O)ncc3Cl)cnn12. The maximum atomic E-state index is 11.7. The zero-order chi connectivity index (χ0) is 22.3. The van der Waals surface area contributed by atoms with Gasteiger partial charge in [-0.2, -0.15) is 14.7 Å². The van der Waals surface area contributed by atoms with Crippen LogP contribution < -0.4 is 5.32 Å².